The normalized spacial score (nSPS) is 11.2. The highest BCUT2D eigenvalue weighted by Crippen LogP contribution is 2.24. The van der Waals surface area contributed by atoms with Gasteiger partial charge < -0.3 is 14.8 Å². The predicted molar refractivity (Wildman–Crippen MR) is 107 cm³/mol. The molecule has 0 radical (unpaired) electrons. The second kappa shape index (κ2) is 9.46. The minimum atomic E-state index is -0.222. The lowest BCUT2D eigenvalue weighted by atomic mass is 10.2. The maximum atomic E-state index is 12.2. The first-order chi connectivity index (χ1) is 12.8. The van der Waals surface area contributed by atoms with E-state index in [1.807, 2.05) is 19.1 Å². The van der Waals surface area contributed by atoms with Gasteiger partial charge in [0.2, 0.25) is 5.91 Å². The van der Waals surface area contributed by atoms with E-state index in [9.17, 15) is 4.79 Å². The third kappa shape index (κ3) is 5.50. The van der Waals surface area contributed by atoms with Crippen molar-refractivity contribution in [2.75, 3.05) is 14.2 Å². The number of rotatable bonds is 8. The Labute approximate surface area is 165 Å². The Morgan fingerprint density at radius 2 is 2.07 bits per heavy atom. The van der Waals surface area contributed by atoms with Gasteiger partial charge in [-0.05, 0) is 31.1 Å². The summed E-state index contributed by atoms with van der Waals surface area (Å²) in [7, 11) is 3.18. The molecule has 0 aliphatic carbocycles. The van der Waals surface area contributed by atoms with Crippen LogP contribution in [0, 0.1) is 12.8 Å². The van der Waals surface area contributed by atoms with Gasteiger partial charge in [-0.15, -0.1) is 0 Å². The van der Waals surface area contributed by atoms with Crippen LogP contribution >= 0.6 is 11.6 Å². The average Bonchev–Trinajstić information content (AvgIpc) is 2.90. The first-order valence-electron chi connectivity index (χ1n) is 8.75. The number of aryl methyl sites for hydroxylation is 1. The Balaban J connectivity index is 2.03. The lowest BCUT2D eigenvalue weighted by Gasteiger charge is -2.10. The summed E-state index contributed by atoms with van der Waals surface area (Å²) in [5.41, 5.74) is 2.41. The quantitative estimate of drug-likeness (QED) is 0.694. The standard InChI is InChI=1S/C20H26ClN3O3/c1-13(2)12-24-20(21)17(14(3)23-24)8-9-19(25)22-11-15-6-7-16(26-4)10-18(15)27-5/h6-10,13H,11-12H2,1-5H3,(H,22,25)/b9-8+. The third-order valence-electron chi connectivity index (χ3n) is 4.00. The number of amides is 1. The van der Waals surface area contributed by atoms with E-state index in [0.717, 1.165) is 23.4 Å². The monoisotopic (exact) mass is 391 g/mol. The molecule has 1 aromatic carbocycles. The highest BCUT2D eigenvalue weighted by Gasteiger charge is 2.12. The zero-order chi connectivity index (χ0) is 20.0. The van der Waals surface area contributed by atoms with Crippen molar-refractivity contribution in [1.29, 1.82) is 0 Å². The molecule has 0 aliphatic rings. The smallest absolute Gasteiger partial charge is 0.244 e. The number of carbonyl (C=O) groups is 1. The maximum Gasteiger partial charge on any atom is 0.244 e. The number of carbonyl (C=O) groups excluding carboxylic acids is 1. The average molecular weight is 392 g/mol. The van der Waals surface area contributed by atoms with Crippen LogP contribution in [0.5, 0.6) is 11.5 Å². The number of hydrogen-bond donors (Lipinski definition) is 1. The summed E-state index contributed by atoms with van der Waals surface area (Å²) >= 11 is 6.39. The van der Waals surface area contributed by atoms with Gasteiger partial charge in [0.15, 0.2) is 0 Å². The van der Waals surface area contributed by atoms with Crippen molar-refractivity contribution < 1.29 is 14.3 Å². The molecule has 0 bridgehead atoms. The molecule has 7 heteroatoms. The number of nitrogens with one attached hydrogen (secondary N) is 1. The predicted octanol–water partition coefficient (Wildman–Crippen LogP) is 3.85. The van der Waals surface area contributed by atoms with Crippen molar-refractivity contribution in [3.8, 4) is 11.5 Å². The third-order valence-corrected chi connectivity index (χ3v) is 4.39. The van der Waals surface area contributed by atoms with Crippen molar-refractivity contribution in [3.63, 3.8) is 0 Å². The van der Waals surface area contributed by atoms with Gasteiger partial charge in [0, 0.05) is 36.4 Å². The number of benzene rings is 1. The Morgan fingerprint density at radius 3 is 2.70 bits per heavy atom. The van der Waals surface area contributed by atoms with Crippen LogP contribution in [0.4, 0.5) is 0 Å². The largest absolute Gasteiger partial charge is 0.497 e. The Bertz CT molecular complexity index is 828. The number of halogens is 1. The molecule has 1 heterocycles. The van der Waals surface area contributed by atoms with Gasteiger partial charge in [0.25, 0.3) is 0 Å². The van der Waals surface area contributed by atoms with Crippen molar-refractivity contribution in [3.05, 3.63) is 46.2 Å². The fourth-order valence-corrected chi connectivity index (χ4v) is 2.93. The topological polar surface area (TPSA) is 65.4 Å². The number of hydrogen-bond acceptors (Lipinski definition) is 4. The minimum absolute atomic E-state index is 0.222. The van der Waals surface area contributed by atoms with Crippen molar-refractivity contribution in [2.24, 2.45) is 5.92 Å². The number of nitrogens with zero attached hydrogens (tertiary/aromatic N) is 2. The minimum Gasteiger partial charge on any atom is -0.497 e. The summed E-state index contributed by atoms with van der Waals surface area (Å²) in [6.07, 6.45) is 3.16. The molecule has 0 saturated carbocycles. The van der Waals surface area contributed by atoms with Gasteiger partial charge in [-0.2, -0.15) is 5.10 Å². The number of methoxy groups -OCH3 is 2. The fourth-order valence-electron chi connectivity index (χ4n) is 2.62. The highest BCUT2D eigenvalue weighted by molar-refractivity contribution is 6.31. The fraction of sp³-hybridized carbons (Fsp3) is 0.400. The molecule has 1 N–H and O–H groups in total. The lowest BCUT2D eigenvalue weighted by Crippen LogP contribution is -2.20. The Morgan fingerprint density at radius 1 is 1.33 bits per heavy atom. The van der Waals surface area contributed by atoms with E-state index in [1.165, 1.54) is 6.08 Å². The summed E-state index contributed by atoms with van der Waals surface area (Å²) in [5.74, 6) is 1.57. The van der Waals surface area contributed by atoms with E-state index in [1.54, 1.807) is 31.0 Å². The van der Waals surface area contributed by atoms with Crippen LogP contribution in [0.3, 0.4) is 0 Å². The van der Waals surface area contributed by atoms with E-state index >= 15 is 0 Å². The number of ether oxygens (including phenoxy) is 2. The van der Waals surface area contributed by atoms with Crippen LogP contribution in [-0.4, -0.2) is 29.9 Å². The van der Waals surface area contributed by atoms with Crippen molar-refractivity contribution in [1.82, 2.24) is 15.1 Å². The van der Waals surface area contributed by atoms with Crippen molar-refractivity contribution in [2.45, 2.75) is 33.9 Å². The molecule has 146 valence electrons. The molecule has 0 saturated heterocycles. The molecule has 0 aliphatic heterocycles. The van der Waals surface area contributed by atoms with E-state index in [2.05, 4.69) is 24.3 Å². The van der Waals surface area contributed by atoms with Crippen LogP contribution in [-0.2, 0) is 17.9 Å². The summed E-state index contributed by atoms with van der Waals surface area (Å²) in [5, 5.41) is 7.82. The zero-order valence-corrected chi connectivity index (χ0v) is 17.1. The van der Waals surface area contributed by atoms with Crippen LogP contribution < -0.4 is 14.8 Å². The van der Waals surface area contributed by atoms with Crippen LogP contribution in [0.1, 0.15) is 30.7 Å². The van der Waals surface area contributed by atoms with Gasteiger partial charge in [-0.3, -0.25) is 9.48 Å². The van der Waals surface area contributed by atoms with Crippen LogP contribution in [0.2, 0.25) is 5.15 Å². The molecule has 1 amide bonds. The molecule has 6 nitrogen and oxygen atoms in total. The van der Waals surface area contributed by atoms with E-state index in [0.29, 0.717) is 29.1 Å². The molecule has 2 aromatic rings. The molecule has 27 heavy (non-hydrogen) atoms. The van der Waals surface area contributed by atoms with Crippen LogP contribution in [0.25, 0.3) is 6.08 Å². The van der Waals surface area contributed by atoms with Crippen LogP contribution in [0.15, 0.2) is 24.3 Å². The second-order valence-electron chi connectivity index (χ2n) is 6.59. The van der Waals surface area contributed by atoms with Crippen molar-refractivity contribution >= 4 is 23.6 Å². The Kier molecular flexibility index (Phi) is 7.30. The van der Waals surface area contributed by atoms with Gasteiger partial charge in [-0.25, -0.2) is 0 Å². The van der Waals surface area contributed by atoms with Gasteiger partial charge in [0.1, 0.15) is 16.7 Å². The molecule has 1 aromatic heterocycles. The molecule has 0 unspecified atom stereocenters. The van der Waals surface area contributed by atoms with Gasteiger partial charge in [0.05, 0.1) is 19.9 Å². The first-order valence-corrected chi connectivity index (χ1v) is 9.13. The Hall–Kier alpha value is -2.47. The number of aromatic nitrogens is 2. The second-order valence-corrected chi connectivity index (χ2v) is 6.95. The SMILES string of the molecule is COc1ccc(CNC(=O)/C=C/c2c(C)nn(CC(C)C)c2Cl)c(OC)c1. The highest BCUT2D eigenvalue weighted by atomic mass is 35.5. The zero-order valence-electron chi connectivity index (χ0n) is 16.4. The summed E-state index contributed by atoms with van der Waals surface area (Å²) in [6.45, 7) is 7.16. The molecular formula is C20H26ClN3O3. The summed E-state index contributed by atoms with van der Waals surface area (Å²) in [6, 6.07) is 5.47. The van der Waals surface area contributed by atoms with E-state index in [-0.39, 0.29) is 5.91 Å². The molecule has 0 atom stereocenters. The van der Waals surface area contributed by atoms with E-state index in [4.69, 9.17) is 21.1 Å². The molecule has 0 fully saturated rings. The first kappa shape index (κ1) is 20.8. The summed E-state index contributed by atoms with van der Waals surface area (Å²) in [4.78, 5) is 12.2. The molecular weight excluding hydrogens is 366 g/mol. The lowest BCUT2D eigenvalue weighted by molar-refractivity contribution is -0.116. The van der Waals surface area contributed by atoms with Gasteiger partial charge >= 0.3 is 0 Å². The van der Waals surface area contributed by atoms with Gasteiger partial charge in [-0.1, -0.05) is 25.4 Å². The maximum absolute atomic E-state index is 12.2. The van der Waals surface area contributed by atoms with E-state index < -0.39 is 0 Å². The molecule has 2 rings (SSSR count). The summed E-state index contributed by atoms with van der Waals surface area (Å²) < 4.78 is 12.3. The molecule has 0 spiro atoms.